The molecule has 0 fully saturated rings. The van der Waals surface area contributed by atoms with Crippen LogP contribution in [0.5, 0.6) is 0 Å². The highest BCUT2D eigenvalue weighted by atomic mass is 79.9. The molecule has 1 atom stereocenters. The van der Waals surface area contributed by atoms with Crippen molar-refractivity contribution >= 4 is 50.7 Å². The first-order chi connectivity index (χ1) is 8.97. The summed E-state index contributed by atoms with van der Waals surface area (Å²) in [6, 6.07) is 9.98. The van der Waals surface area contributed by atoms with E-state index in [-0.39, 0.29) is 5.82 Å². The van der Waals surface area contributed by atoms with Gasteiger partial charge in [-0.05, 0) is 42.3 Å². The van der Waals surface area contributed by atoms with Gasteiger partial charge in [-0.3, -0.25) is 0 Å². The Morgan fingerprint density at radius 1 is 1.16 bits per heavy atom. The first-order valence-corrected chi connectivity index (χ1v) is 7.49. The third kappa shape index (κ3) is 3.85. The fourth-order valence-electron chi connectivity index (χ4n) is 1.78. The largest absolute Gasteiger partial charge is 0.207 e. The fraction of sp³-hybridized carbons (Fsp3) is 0.143. The van der Waals surface area contributed by atoms with Crippen LogP contribution in [0.25, 0.3) is 0 Å². The molecule has 0 aliphatic rings. The van der Waals surface area contributed by atoms with E-state index in [1.807, 2.05) is 6.07 Å². The van der Waals surface area contributed by atoms with E-state index in [4.69, 9.17) is 34.8 Å². The van der Waals surface area contributed by atoms with Gasteiger partial charge in [0.05, 0.1) is 5.38 Å². The molecule has 2 aromatic rings. The lowest BCUT2D eigenvalue weighted by Crippen LogP contribution is -1.99. The van der Waals surface area contributed by atoms with Crippen molar-refractivity contribution in [3.63, 3.8) is 0 Å². The number of rotatable bonds is 3. The van der Waals surface area contributed by atoms with Crippen LogP contribution in [-0.4, -0.2) is 0 Å². The van der Waals surface area contributed by atoms with Crippen LogP contribution in [0.3, 0.4) is 0 Å². The molecule has 0 spiro atoms. The summed E-state index contributed by atoms with van der Waals surface area (Å²) in [4.78, 5) is 0. The molecule has 2 rings (SSSR count). The molecule has 2 aromatic carbocycles. The van der Waals surface area contributed by atoms with Gasteiger partial charge in [-0.25, -0.2) is 4.39 Å². The van der Waals surface area contributed by atoms with Crippen molar-refractivity contribution in [2.75, 3.05) is 0 Å². The summed E-state index contributed by atoms with van der Waals surface area (Å²) < 4.78 is 14.5. The lowest BCUT2D eigenvalue weighted by atomic mass is 10.0. The lowest BCUT2D eigenvalue weighted by molar-refractivity contribution is 0.607. The summed E-state index contributed by atoms with van der Waals surface area (Å²) >= 11 is 21.6. The fourth-order valence-corrected chi connectivity index (χ4v) is 3.19. The Hall–Kier alpha value is -0.280. The summed E-state index contributed by atoms with van der Waals surface area (Å²) in [6.07, 6.45) is 0.305. The molecular formula is C14H9BrCl3F. The summed E-state index contributed by atoms with van der Waals surface area (Å²) in [5.74, 6) is -0.348. The summed E-state index contributed by atoms with van der Waals surface area (Å²) in [7, 11) is 0. The highest BCUT2D eigenvalue weighted by Crippen LogP contribution is 2.32. The van der Waals surface area contributed by atoms with Crippen LogP contribution in [0.15, 0.2) is 40.9 Å². The van der Waals surface area contributed by atoms with Crippen LogP contribution in [0.1, 0.15) is 16.5 Å². The van der Waals surface area contributed by atoms with Crippen LogP contribution in [0, 0.1) is 5.82 Å². The molecule has 0 radical (unpaired) electrons. The summed E-state index contributed by atoms with van der Waals surface area (Å²) in [6.45, 7) is 0. The molecule has 5 heteroatoms. The van der Waals surface area contributed by atoms with E-state index in [0.29, 0.717) is 22.0 Å². The highest BCUT2D eigenvalue weighted by Gasteiger charge is 2.15. The Kier molecular flexibility index (Phi) is 5.13. The Morgan fingerprint density at radius 3 is 2.53 bits per heavy atom. The summed E-state index contributed by atoms with van der Waals surface area (Å²) in [5.41, 5.74) is 1.24. The van der Waals surface area contributed by atoms with E-state index >= 15 is 0 Å². The van der Waals surface area contributed by atoms with Crippen molar-refractivity contribution in [1.29, 1.82) is 0 Å². The van der Waals surface area contributed by atoms with E-state index in [1.165, 1.54) is 6.07 Å². The molecule has 0 nitrogen and oxygen atoms in total. The minimum atomic E-state index is -0.399. The van der Waals surface area contributed by atoms with Gasteiger partial charge in [-0.2, -0.15) is 0 Å². The minimum absolute atomic E-state index is 0.305. The quantitative estimate of drug-likeness (QED) is 0.538. The second kappa shape index (κ2) is 6.45. The Balaban J connectivity index is 2.28. The first kappa shape index (κ1) is 15.1. The SMILES string of the molecule is Fc1cccc(Cl)c1CC(Cl)c1cc(Cl)cc(Br)c1. The number of alkyl halides is 1. The van der Waals surface area contributed by atoms with Crippen molar-refractivity contribution in [2.24, 2.45) is 0 Å². The second-order valence-electron chi connectivity index (χ2n) is 4.07. The predicted molar refractivity (Wildman–Crippen MR) is 82.9 cm³/mol. The summed E-state index contributed by atoms with van der Waals surface area (Å²) in [5, 5.41) is 0.561. The van der Waals surface area contributed by atoms with Crippen molar-refractivity contribution in [2.45, 2.75) is 11.8 Å². The van der Waals surface area contributed by atoms with Gasteiger partial charge in [0.25, 0.3) is 0 Å². The Labute approximate surface area is 134 Å². The number of hydrogen-bond donors (Lipinski definition) is 0. The first-order valence-electron chi connectivity index (χ1n) is 5.50. The zero-order valence-corrected chi connectivity index (χ0v) is 13.5. The Morgan fingerprint density at radius 2 is 1.89 bits per heavy atom. The van der Waals surface area contributed by atoms with Crippen LogP contribution < -0.4 is 0 Å². The molecule has 19 heavy (non-hydrogen) atoms. The van der Waals surface area contributed by atoms with Gasteiger partial charge in [-0.1, -0.05) is 45.2 Å². The normalized spacial score (nSPS) is 12.5. The van der Waals surface area contributed by atoms with E-state index in [0.717, 1.165) is 10.0 Å². The molecule has 0 N–H and O–H groups in total. The monoisotopic (exact) mass is 380 g/mol. The van der Waals surface area contributed by atoms with E-state index in [1.54, 1.807) is 24.3 Å². The van der Waals surface area contributed by atoms with E-state index in [2.05, 4.69) is 15.9 Å². The molecule has 0 aromatic heterocycles. The topological polar surface area (TPSA) is 0 Å². The van der Waals surface area contributed by atoms with Crippen LogP contribution in [0.4, 0.5) is 4.39 Å². The predicted octanol–water partition coefficient (Wildman–Crippen LogP) is 6.42. The van der Waals surface area contributed by atoms with Gasteiger partial charge in [0, 0.05) is 20.1 Å². The maximum atomic E-state index is 13.7. The molecule has 0 heterocycles. The van der Waals surface area contributed by atoms with Gasteiger partial charge < -0.3 is 0 Å². The number of halogens is 5. The van der Waals surface area contributed by atoms with E-state index < -0.39 is 5.38 Å². The molecular weight excluding hydrogens is 373 g/mol. The van der Waals surface area contributed by atoms with Gasteiger partial charge in [0.2, 0.25) is 0 Å². The van der Waals surface area contributed by atoms with Gasteiger partial charge in [0.15, 0.2) is 0 Å². The molecule has 0 amide bonds. The van der Waals surface area contributed by atoms with Gasteiger partial charge in [-0.15, -0.1) is 11.6 Å². The number of benzene rings is 2. The second-order valence-corrected chi connectivity index (χ2v) is 6.36. The molecule has 0 saturated heterocycles. The average molecular weight is 382 g/mol. The molecule has 0 saturated carbocycles. The zero-order chi connectivity index (χ0) is 14.0. The van der Waals surface area contributed by atoms with Gasteiger partial charge >= 0.3 is 0 Å². The van der Waals surface area contributed by atoms with Crippen LogP contribution >= 0.6 is 50.7 Å². The molecule has 0 aliphatic heterocycles. The van der Waals surface area contributed by atoms with Crippen LogP contribution in [-0.2, 0) is 6.42 Å². The maximum absolute atomic E-state index is 13.7. The van der Waals surface area contributed by atoms with Crippen LogP contribution in [0.2, 0.25) is 10.0 Å². The van der Waals surface area contributed by atoms with Crippen molar-refractivity contribution in [3.8, 4) is 0 Å². The maximum Gasteiger partial charge on any atom is 0.127 e. The third-order valence-electron chi connectivity index (χ3n) is 2.69. The van der Waals surface area contributed by atoms with Gasteiger partial charge in [0.1, 0.15) is 5.82 Å². The molecule has 0 aliphatic carbocycles. The highest BCUT2D eigenvalue weighted by molar-refractivity contribution is 9.10. The lowest BCUT2D eigenvalue weighted by Gasteiger charge is -2.13. The zero-order valence-electron chi connectivity index (χ0n) is 9.64. The molecule has 100 valence electrons. The van der Waals surface area contributed by atoms with Crippen molar-refractivity contribution < 1.29 is 4.39 Å². The molecule has 0 bridgehead atoms. The number of hydrogen-bond acceptors (Lipinski definition) is 0. The van der Waals surface area contributed by atoms with Crippen molar-refractivity contribution in [3.05, 3.63) is 67.9 Å². The average Bonchev–Trinajstić information content (AvgIpc) is 2.32. The Bertz CT molecular complexity index is 561. The van der Waals surface area contributed by atoms with E-state index in [9.17, 15) is 4.39 Å². The van der Waals surface area contributed by atoms with Crippen molar-refractivity contribution in [1.82, 2.24) is 0 Å². The minimum Gasteiger partial charge on any atom is -0.207 e. The third-order valence-corrected chi connectivity index (χ3v) is 4.13. The molecule has 1 unspecified atom stereocenters. The standard InChI is InChI=1S/C14H9BrCl3F/c15-9-4-8(5-10(16)6-9)13(18)7-11-12(17)2-1-3-14(11)19/h1-6,13H,7H2. The smallest absolute Gasteiger partial charge is 0.127 e.